The van der Waals surface area contributed by atoms with Crippen LogP contribution in [0.5, 0.6) is 0 Å². The summed E-state index contributed by atoms with van der Waals surface area (Å²) in [6.45, 7) is 0. The number of aromatic nitrogens is 4. The molecule has 0 aliphatic rings. The number of nitrogens with two attached hydrogens (primary N) is 1. The number of fused-ring (bicyclic) bond motifs is 1. The third-order valence-corrected chi connectivity index (χ3v) is 3.91. The standard InChI is InChI=1S/C10H5BrF3N5S/c11-4-1-2-5(6(15)3-4)7-18-19-8(10(12,13)14)16-17-9(19)20-7/h1-3H,15H2. The molecule has 2 aromatic heterocycles. The highest BCUT2D eigenvalue weighted by Crippen LogP contribution is 2.34. The number of halogens is 4. The maximum atomic E-state index is 12.7. The summed E-state index contributed by atoms with van der Waals surface area (Å²) in [5.74, 6) is -1.15. The maximum Gasteiger partial charge on any atom is 0.453 e. The summed E-state index contributed by atoms with van der Waals surface area (Å²) in [4.78, 5) is 0.0645. The summed E-state index contributed by atoms with van der Waals surface area (Å²) in [6, 6.07) is 5.07. The predicted molar refractivity (Wildman–Crippen MR) is 71.2 cm³/mol. The van der Waals surface area contributed by atoms with Gasteiger partial charge in [0.1, 0.15) is 5.01 Å². The number of nitrogen functional groups attached to an aromatic ring is 1. The maximum absolute atomic E-state index is 12.7. The first-order valence-corrected chi connectivity index (χ1v) is 6.82. The zero-order chi connectivity index (χ0) is 14.5. The first-order chi connectivity index (χ1) is 9.36. The van der Waals surface area contributed by atoms with Gasteiger partial charge in [-0.2, -0.15) is 22.8 Å². The Bertz CT molecular complexity index is 794. The lowest BCUT2D eigenvalue weighted by molar-refractivity contribution is -0.146. The summed E-state index contributed by atoms with van der Waals surface area (Å²) in [5.41, 5.74) is 6.80. The molecule has 0 radical (unpaired) electrons. The number of alkyl halides is 3. The molecule has 2 N–H and O–H groups in total. The van der Waals surface area contributed by atoms with E-state index in [1.165, 1.54) is 0 Å². The molecule has 20 heavy (non-hydrogen) atoms. The van der Waals surface area contributed by atoms with Gasteiger partial charge in [-0.1, -0.05) is 27.3 Å². The molecule has 1 aromatic carbocycles. The van der Waals surface area contributed by atoms with Gasteiger partial charge in [-0.3, -0.25) is 0 Å². The molecule has 0 amide bonds. The molecule has 104 valence electrons. The van der Waals surface area contributed by atoms with Gasteiger partial charge in [-0.05, 0) is 18.2 Å². The van der Waals surface area contributed by atoms with Gasteiger partial charge >= 0.3 is 6.18 Å². The SMILES string of the molecule is Nc1cc(Br)ccc1-c1nn2c(C(F)(F)F)nnc2s1. The molecule has 10 heteroatoms. The average molecular weight is 364 g/mol. The van der Waals surface area contributed by atoms with Crippen molar-refractivity contribution >= 4 is 37.9 Å². The Morgan fingerprint density at radius 3 is 2.65 bits per heavy atom. The minimum atomic E-state index is -4.60. The molecule has 0 saturated heterocycles. The van der Waals surface area contributed by atoms with E-state index in [2.05, 4.69) is 31.2 Å². The fourth-order valence-corrected chi connectivity index (χ4v) is 2.90. The summed E-state index contributed by atoms with van der Waals surface area (Å²) in [6.07, 6.45) is -4.60. The van der Waals surface area contributed by atoms with Crippen LogP contribution >= 0.6 is 27.3 Å². The topological polar surface area (TPSA) is 69.1 Å². The number of nitrogens with zero attached hydrogens (tertiary/aromatic N) is 4. The van der Waals surface area contributed by atoms with Crippen molar-refractivity contribution < 1.29 is 13.2 Å². The molecule has 3 rings (SSSR count). The molecule has 0 aliphatic heterocycles. The lowest BCUT2D eigenvalue weighted by Gasteiger charge is -2.02. The monoisotopic (exact) mass is 363 g/mol. The van der Waals surface area contributed by atoms with Crippen LogP contribution < -0.4 is 5.73 Å². The van der Waals surface area contributed by atoms with Crippen LogP contribution in [-0.4, -0.2) is 19.8 Å². The molecule has 0 bridgehead atoms. The first kappa shape index (κ1) is 13.3. The van der Waals surface area contributed by atoms with Crippen LogP contribution in [0.1, 0.15) is 5.82 Å². The Morgan fingerprint density at radius 2 is 2.00 bits per heavy atom. The number of hydrogen-bond donors (Lipinski definition) is 1. The molecule has 0 saturated carbocycles. The van der Waals surface area contributed by atoms with Gasteiger partial charge in [-0.15, -0.1) is 10.2 Å². The van der Waals surface area contributed by atoms with E-state index >= 15 is 0 Å². The average Bonchev–Trinajstić information content (AvgIpc) is 2.86. The van der Waals surface area contributed by atoms with Gasteiger partial charge in [0, 0.05) is 15.7 Å². The van der Waals surface area contributed by atoms with E-state index in [1.54, 1.807) is 18.2 Å². The van der Waals surface area contributed by atoms with Gasteiger partial charge in [0.25, 0.3) is 5.82 Å². The van der Waals surface area contributed by atoms with E-state index in [0.717, 1.165) is 15.8 Å². The van der Waals surface area contributed by atoms with E-state index in [1.807, 2.05) is 0 Å². The smallest absolute Gasteiger partial charge is 0.398 e. The lowest BCUT2D eigenvalue weighted by atomic mass is 10.2. The first-order valence-electron chi connectivity index (χ1n) is 5.21. The molecular formula is C10H5BrF3N5S. The van der Waals surface area contributed by atoms with Crippen LogP contribution in [-0.2, 0) is 6.18 Å². The second kappa shape index (κ2) is 4.42. The van der Waals surface area contributed by atoms with Crippen LogP contribution in [0.2, 0.25) is 0 Å². The van der Waals surface area contributed by atoms with Crippen molar-refractivity contribution in [3.05, 3.63) is 28.5 Å². The number of anilines is 1. The molecular weight excluding hydrogens is 359 g/mol. The molecule has 5 nitrogen and oxygen atoms in total. The van der Waals surface area contributed by atoms with Crippen LogP contribution in [0.4, 0.5) is 18.9 Å². The van der Waals surface area contributed by atoms with E-state index in [-0.39, 0.29) is 4.96 Å². The summed E-state index contributed by atoms with van der Waals surface area (Å²) in [5, 5.41) is 10.8. The fraction of sp³-hybridized carbons (Fsp3) is 0.100. The molecule has 0 spiro atoms. The van der Waals surface area contributed by atoms with Crippen molar-refractivity contribution in [3.63, 3.8) is 0 Å². The third kappa shape index (κ3) is 2.14. The largest absolute Gasteiger partial charge is 0.453 e. The number of rotatable bonds is 1. The minimum Gasteiger partial charge on any atom is -0.398 e. The van der Waals surface area contributed by atoms with Gasteiger partial charge < -0.3 is 5.73 Å². The van der Waals surface area contributed by atoms with Crippen molar-refractivity contribution in [1.82, 2.24) is 19.8 Å². The normalized spacial score (nSPS) is 12.2. The molecule has 0 fully saturated rings. The highest BCUT2D eigenvalue weighted by molar-refractivity contribution is 9.10. The Kier molecular flexibility index (Phi) is 2.94. The molecule has 0 aliphatic carbocycles. The molecule has 0 atom stereocenters. The van der Waals surface area contributed by atoms with Crippen molar-refractivity contribution in [2.75, 3.05) is 5.73 Å². The number of benzene rings is 1. The van der Waals surface area contributed by atoms with Crippen LogP contribution in [0.3, 0.4) is 0 Å². The van der Waals surface area contributed by atoms with Crippen LogP contribution in [0.15, 0.2) is 22.7 Å². The summed E-state index contributed by atoms with van der Waals surface area (Å²) < 4.78 is 39.6. The molecule has 3 aromatic rings. The second-order valence-electron chi connectivity index (χ2n) is 3.85. The van der Waals surface area contributed by atoms with Crippen molar-refractivity contribution in [2.24, 2.45) is 0 Å². The Hall–Kier alpha value is -1.68. The molecule has 2 heterocycles. The Morgan fingerprint density at radius 1 is 1.25 bits per heavy atom. The van der Waals surface area contributed by atoms with E-state index in [4.69, 9.17) is 5.73 Å². The predicted octanol–water partition coefficient (Wildman–Crippen LogP) is 3.22. The third-order valence-electron chi connectivity index (χ3n) is 2.49. The van der Waals surface area contributed by atoms with Gasteiger partial charge in [0.15, 0.2) is 0 Å². The molecule has 0 unspecified atom stereocenters. The lowest BCUT2D eigenvalue weighted by Crippen LogP contribution is -2.11. The minimum absolute atomic E-state index is 0.0645. The number of hydrogen-bond acceptors (Lipinski definition) is 5. The summed E-state index contributed by atoms with van der Waals surface area (Å²) in [7, 11) is 0. The van der Waals surface area contributed by atoms with Crippen molar-refractivity contribution in [1.29, 1.82) is 0 Å². The second-order valence-corrected chi connectivity index (χ2v) is 5.73. The van der Waals surface area contributed by atoms with Crippen molar-refractivity contribution in [2.45, 2.75) is 6.18 Å². The highest BCUT2D eigenvalue weighted by atomic mass is 79.9. The van der Waals surface area contributed by atoms with Gasteiger partial charge in [0.2, 0.25) is 4.96 Å². The van der Waals surface area contributed by atoms with Gasteiger partial charge in [-0.25, -0.2) is 0 Å². The van der Waals surface area contributed by atoms with Gasteiger partial charge in [0.05, 0.1) is 0 Å². The quantitative estimate of drug-likeness (QED) is 0.674. The highest BCUT2D eigenvalue weighted by Gasteiger charge is 2.38. The fourth-order valence-electron chi connectivity index (χ4n) is 1.63. The Labute approximate surface area is 122 Å². The van der Waals surface area contributed by atoms with Crippen LogP contribution in [0, 0.1) is 0 Å². The summed E-state index contributed by atoms with van der Waals surface area (Å²) >= 11 is 4.25. The zero-order valence-corrected chi connectivity index (χ0v) is 11.9. The van der Waals surface area contributed by atoms with Crippen LogP contribution in [0.25, 0.3) is 15.5 Å². The van der Waals surface area contributed by atoms with E-state index in [0.29, 0.717) is 20.8 Å². The van der Waals surface area contributed by atoms with Crippen molar-refractivity contribution in [3.8, 4) is 10.6 Å². The van der Waals surface area contributed by atoms with E-state index in [9.17, 15) is 13.2 Å². The Balaban J connectivity index is 2.16. The zero-order valence-electron chi connectivity index (χ0n) is 9.52. The van der Waals surface area contributed by atoms with E-state index < -0.39 is 12.0 Å².